The van der Waals surface area contributed by atoms with Crippen LogP contribution >= 0.6 is 0 Å². The van der Waals surface area contributed by atoms with Crippen molar-refractivity contribution in [2.45, 2.75) is 13.8 Å². The molecule has 7 heteroatoms. The van der Waals surface area contributed by atoms with Crippen molar-refractivity contribution < 1.29 is 14.7 Å². The highest BCUT2D eigenvalue weighted by Gasteiger charge is 2.23. The van der Waals surface area contributed by atoms with Crippen LogP contribution in [0.2, 0.25) is 0 Å². The van der Waals surface area contributed by atoms with Gasteiger partial charge in [-0.3, -0.25) is 14.9 Å². The Morgan fingerprint density at radius 1 is 1.08 bits per heavy atom. The van der Waals surface area contributed by atoms with E-state index in [0.29, 0.717) is 11.1 Å². The number of hydrogen-bond donors (Lipinski definition) is 3. The molecule has 0 atom stereocenters. The van der Waals surface area contributed by atoms with Gasteiger partial charge in [0.15, 0.2) is 0 Å². The van der Waals surface area contributed by atoms with Gasteiger partial charge in [-0.15, -0.1) is 0 Å². The van der Waals surface area contributed by atoms with Crippen LogP contribution in [-0.2, 0) is 0 Å². The summed E-state index contributed by atoms with van der Waals surface area (Å²) in [6.45, 7) is 3.75. The lowest BCUT2D eigenvalue weighted by Gasteiger charge is -2.05. The number of carbonyl (C=O) groups excluding carboxylic acids is 1. The number of nitrogens with one attached hydrogen (secondary N) is 2. The average Bonchev–Trinajstić information content (AvgIpc) is 3.00. The number of pyridine rings is 1. The molecular weight excluding hydrogens is 320 g/mol. The van der Waals surface area contributed by atoms with E-state index >= 15 is 0 Å². The van der Waals surface area contributed by atoms with Gasteiger partial charge in [0.25, 0.3) is 5.91 Å². The van der Waals surface area contributed by atoms with E-state index in [1.165, 1.54) is 0 Å². The highest BCUT2D eigenvalue weighted by molar-refractivity contribution is 6.08. The quantitative estimate of drug-likeness (QED) is 0.678. The van der Waals surface area contributed by atoms with Gasteiger partial charge in [-0.25, -0.2) is 4.79 Å². The van der Waals surface area contributed by atoms with Crippen LogP contribution in [0.25, 0.3) is 11.3 Å². The molecule has 0 fully saturated rings. The fourth-order valence-corrected chi connectivity index (χ4v) is 2.35. The first-order valence-electron chi connectivity index (χ1n) is 7.58. The first-order valence-corrected chi connectivity index (χ1v) is 7.58. The highest BCUT2D eigenvalue weighted by Crippen LogP contribution is 2.26. The number of carboxylic acid groups (broad SMARTS) is 1. The number of aromatic nitrogens is 3. The van der Waals surface area contributed by atoms with Gasteiger partial charge in [-0.2, -0.15) is 5.10 Å². The number of aromatic carboxylic acids is 1. The predicted molar refractivity (Wildman–Crippen MR) is 92.6 cm³/mol. The van der Waals surface area contributed by atoms with E-state index in [1.54, 1.807) is 30.5 Å². The van der Waals surface area contributed by atoms with Crippen molar-refractivity contribution in [1.29, 1.82) is 0 Å². The van der Waals surface area contributed by atoms with Gasteiger partial charge in [0.2, 0.25) is 0 Å². The zero-order valence-corrected chi connectivity index (χ0v) is 13.7. The summed E-state index contributed by atoms with van der Waals surface area (Å²) in [5.74, 6) is -1.57. The molecule has 0 aliphatic rings. The molecule has 0 aliphatic heterocycles. The van der Waals surface area contributed by atoms with Crippen molar-refractivity contribution in [3.63, 3.8) is 0 Å². The lowest BCUT2D eigenvalue weighted by atomic mass is 10.1. The molecule has 0 saturated carbocycles. The second-order valence-electron chi connectivity index (χ2n) is 5.64. The number of aromatic amines is 1. The van der Waals surface area contributed by atoms with Crippen LogP contribution in [0.15, 0.2) is 42.6 Å². The molecule has 0 unspecified atom stereocenters. The zero-order valence-electron chi connectivity index (χ0n) is 13.7. The van der Waals surface area contributed by atoms with E-state index in [0.717, 1.165) is 11.3 Å². The van der Waals surface area contributed by atoms with Crippen molar-refractivity contribution in [3.8, 4) is 11.3 Å². The van der Waals surface area contributed by atoms with Gasteiger partial charge in [-0.05, 0) is 38.1 Å². The van der Waals surface area contributed by atoms with E-state index in [1.807, 2.05) is 26.0 Å². The number of carboxylic acids is 1. The Balaban J connectivity index is 1.94. The number of benzene rings is 1. The lowest BCUT2D eigenvalue weighted by molar-refractivity contribution is 0.0699. The third-order valence-electron chi connectivity index (χ3n) is 3.72. The summed E-state index contributed by atoms with van der Waals surface area (Å²) in [5.41, 5.74) is 2.93. The summed E-state index contributed by atoms with van der Waals surface area (Å²) in [7, 11) is 0. The Morgan fingerprint density at radius 3 is 2.40 bits per heavy atom. The van der Waals surface area contributed by atoms with Gasteiger partial charge in [-0.1, -0.05) is 17.7 Å². The van der Waals surface area contributed by atoms with Gasteiger partial charge >= 0.3 is 5.97 Å². The van der Waals surface area contributed by atoms with Gasteiger partial charge in [0.1, 0.15) is 17.1 Å². The first-order chi connectivity index (χ1) is 12.0. The zero-order chi connectivity index (χ0) is 18.0. The van der Waals surface area contributed by atoms with Crippen LogP contribution in [0.5, 0.6) is 0 Å². The van der Waals surface area contributed by atoms with Crippen LogP contribution in [-0.4, -0.2) is 32.2 Å². The summed E-state index contributed by atoms with van der Waals surface area (Å²) in [5, 5.41) is 18.7. The Kier molecular flexibility index (Phi) is 4.30. The lowest BCUT2D eigenvalue weighted by Crippen LogP contribution is -2.14. The van der Waals surface area contributed by atoms with Gasteiger partial charge in [0, 0.05) is 23.0 Å². The van der Waals surface area contributed by atoms with Crippen molar-refractivity contribution in [3.05, 3.63) is 65.0 Å². The Morgan fingerprint density at radius 2 is 1.80 bits per heavy atom. The molecule has 3 rings (SSSR count). The Hall–Kier alpha value is -3.48. The molecule has 0 radical (unpaired) electrons. The van der Waals surface area contributed by atoms with E-state index in [-0.39, 0.29) is 17.1 Å². The van der Waals surface area contributed by atoms with Crippen molar-refractivity contribution >= 4 is 17.7 Å². The molecule has 3 aromatic rings. The smallest absolute Gasteiger partial charge is 0.341 e. The molecule has 1 amide bonds. The van der Waals surface area contributed by atoms with Crippen molar-refractivity contribution in [1.82, 2.24) is 15.2 Å². The average molecular weight is 336 g/mol. The molecule has 3 N–H and O–H groups in total. The molecule has 0 spiro atoms. The number of carbonyl (C=O) groups is 2. The van der Waals surface area contributed by atoms with E-state index in [9.17, 15) is 14.7 Å². The van der Waals surface area contributed by atoms with Crippen LogP contribution in [0, 0.1) is 13.8 Å². The molecule has 25 heavy (non-hydrogen) atoms. The minimum Gasteiger partial charge on any atom is -0.477 e. The summed E-state index contributed by atoms with van der Waals surface area (Å²) in [6, 6.07) is 10.5. The molecule has 0 saturated heterocycles. The fourth-order valence-electron chi connectivity index (χ4n) is 2.35. The van der Waals surface area contributed by atoms with E-state index in [2.05, 4.69) is 20.5 Å². The van der Waals surface area contributed by atoms with E-state index in [4.69, 9.17) is 0 Å². The first kappa shape index (κ1) is 16.4. The number of amides is 1. The molecule has 2 aromatic heterocycles. The number of aryl methyl sites for hydroxylation is 2. The molecule has 0 aliphatic carbocycles. The number of rotatable bonds is 4. The second kappa shape index (κ2) is 6.56. The molecule has 7 nitrogen and oxygen atoms in total. The van der Waals surface area contributed by atoms with Crippen LogP contribution in [0.3, 0.4) is 0 Å². The van der Waals surface area contributed by atoms with Gasteiger partial charge in [0.05, 0.1) is 0 Å². The third-order valence-corrected chi connectivity index (χ3v) is 3.72. The molecular formula is C18H16N4O3. The SMILES string of the molecule is Cc1ccc(C(=O)Nc2[nH]nc(-c3ccc(C)nc3)c2C(=O)O)cc1. The minimum atomic E-state index is -1.19. The maximum atomic E-state index is 12.3. The second-order valence-corrected chi connectivity index (χ2v) is 5.64. The Labute approximate surface area is 143 Å². The molecule has 126 valence electrons. The number of anilines is 1. The number of nitrogens with zero attached hydrogens (tertiary/aromatic N) is 2. The predicted octanol–water partition coefficient (Wildman–Crippen LogP) is 3.04. The van der Waals surface area contributed by atoms with Crippen molar-refractivity contribution in [2.75, 3.05) is 5.32 Å². The monoisotopic (exact) mass is 336 g/mol. The molecule has 2 heterocycles. The fraction of sp³-hybridized carbons (Fsp3) is 0.111. The largest absolute Gasteiger partial charge is 0.477 e. The summed E-state index contributed by atoms with van der Waals surface area (Å²) >= 11 is 0. The maximum Gasteiger partial charge on any atom is 0.341 e. The highest BCUT2D eigenvalue weighted by atomic mass is 16.4. The topological polar surface area (TPSA) is 108 Å². The number of hydrogen-bond acceptors (Lipinski definition) is 4. The number of H-pyrrole nitrogens is 1. The van der Waals surface area contributed by atoms with Crippen LogP contribution < -0.4 is 5.32 Å². The molecule has 1 aromatic carbocycles. The maximum absolute atomic E-state index is 12.3. The summed E-state index contributed by atoms with van der Waals surface area (Å²) in [6.07, 6.45) is 1.55. The molecule has 0 bridgehead atoms. The van der Waals surface area contributed by atoms with E-state index < -0.39 is 11.9 Å². The minimum absolute atomic E-state index is 0.0358. The van der Waals surface area contributed by atoms with Crippen molar-refractivity contribution in [2.24, 2.45) is 0 Å². The van der Waals surface area contributed by atoms with Gasteiger partial charge < -0.3 is 10.4 Å². The summed E-state index contributed by atoms with van der Waals surface area (Å²) in [4.78, 5) is 28.1. The van der Waals surface area contributed by atoms with Crippen LogP contribution in [0.4, 0.5) is 5.82 Å². The third kappa shape index (κ3) is 3.40. The Bertz CT molecular complexity index is 928. The summed E-state index contributed by atoms with van der Waals surface area (Å²) < 4.78 is 0. The normalized spacial score (nSPS) is 10.5. The standard InChI is InChI=1S/C18H16N4O3/c1-10-3-6-12(7-4-10)17(23)20-16-14(18(24)25)15(21-22-16)13-8-5-11(2)19-9-13/h3-9H,1-2H3,(H,24,25)(H2,20,21,22,23). The van der Waals surface area contributed by atoms with Crippen LogP contribution in [0.1, 0.15) is 32.0 Å².